The summed E-state index contributed by atoms with van der Waals surface area (Å²) < 4.78 is 26.6. The van der Waals surface area contributed by atoms with E-state index in [1.165, 1.54) is 19.2 Å². The summed E-state index contributed by atoms with van der Waals surface area (Å²) in [7, 11) is 1.52. The number of aliphatic carboxylic acids is 1. The van der Waals surface area contributed by atoms with Gasteiger partial charge in [0.15, 0.2) is 6.61 Å². The molecule has 0 aliphatic carbocycles. The van der Waals surface area contributed by atoms with Crippen molar-refractivity contribution in [2.24, 2.45) is 0 Å². The van der Waals surface area contributed by atoms with Crippen molar-refractivity contribution in [3.63, 3.8) is 0 Å². The predicted molar refractivity (Wildman–Crippen MR) is 123 cm³/mol. The van der Waals surface area contributed by atoms with Crippen molar-refractivity contribution in [2.45, 2.75) is 13.0 Å². The first-order chi connectivity index (χ1) is 16.0. The number of halogens is 1. The number of carbonyl (C=O) groups is 1. The summed E-state index contributed by atoms with van der Waals surface area (Å²) in [6.45, 7) is 0.0863. The van der Waals surface area contributed by atoms with Crippen LogP contribution in [0.1, 0.15) is 5.56 Å². The number of nitrogens with zero attached hydrogens (tertiary/aromatic N) is 2. The third-order valence-corrected chi connectivity index (χ3v) is 5.17. The Morgan fingerprint density at radius 3 is 2.58 bits per heavy atom. The van der Waals surface area contributed by atoms with Crippen LogP contribution in [0.15, 0.2) is 78.9 Å². The van der Waals surface area contributed by atoms with E-state index in [0.29, 0.717) is 34.9 Å². The fraction of sp³-hybridized carbons (Fsp3) is 0.154. The zero-order chi connectivity index (χ0) is 23.2. The van der Waals surface area contributed by atoms with Crippen LogP contribution < -0.4 is 9.47 Å². The molecule has 0 spiro atoms. The van der Waals surface area contributed by atoms with Crippen LogP contribution in [0.2, 0.25) is 0 Å². The average Bonchev–Trinajstić information content (AvgIpc) is 3.26. The first kappa shape index (κ1) is 22.1. The molecule has 168 valence electrons. The Balaban J connectivity index is 1.75. The fourth-order valence-electron chi connectivity index (χ4n) is 3.58. The molecule has 0 atom stereocenters. The SMILES string of the molecule is COc1ccc(-c2cc(-c3cccc(F)c3)n(CCc3ccccc3)n2)c(OCC(=O)O)c1. The normalized spacial score (nSPS) is 10.7. The van der Waals surface area contributed by atoms with E-state index < -0.39 is 12.6 Å². The van der Waals surface area contributed by atoms with E-state index in [4.69, 9.17) is 19.7 Å². The highest BCUT2D eigenvalue weighted by Crippen LogP contribution is 2.35. The Morgan fingerprint density at radius 1 is 1.03 bits per heavy atom. The summed E-state index contributed by atoms with van der Waals surface area (Å²) in [6, 6.07) is 23.4. The molecular formula is C26H23FN2O4. The van der Waals surface area contributed by atoms with Gasteiger partial charge in [0.25, 0.3) is 0 Å². The summed E-state index contributed by atoms with van der Waals surface area (Å²) in [5, 5.41) is 13.8. The van der Waals surface area contributed by atoms with Gasteiger partial charge in [-0.25, -0.2) is 9.18 Å². The van der Waals surface area contributed by atoms with E-state index in [9.17, 15) is 9.18 Å². The van der Waals surface area contributed by atoms with E-state index >= 15 is 0 Å². The summed E-state index contributed by atoms with van der Waals surface area (Å²) in [4.78, 5) is 11.1. The van der Waals surface area contributed by atoms with Gasteiger partial charge >= 0.3 is 5.97 Å². The van der Waals surface area contributed by atoms with Crippen LogP contribution in [0.4, 0.5) is 4.39 Å². The van der Waals surface area contributed by atoms with Gasteiger partial charge in [-0.1, -0.05) is 42.5 Å². The molecule has 6 nitrogen and oxygen atoms in total. The Kier molecular flexibility index (Phi) is 6.69. The number of rotatable bonds is 9. The molecule has 0 amide bonds. The Bertz CT molecular complexity index is 1250. The quantitative estimate of drug-likeness (QED) is 0.389. The van der Waals surface area contributed by atoms with Crippen molar-refractivity contribution in [2.75, 3.05) is 13.7 Å². The Hall–Kier alpha value is -4.13. The minimum Gasteiger partial charge on any atom is -0.497 e. The van der Waals surface area contributed by atoms with E-state index in [1.54, 1.807) is 24.3 Å². The van der Waals surface area contributed by atoms with Crippen LogP contribution >= 0.6 is 0 Å². The lowest BCUT2D eigenvalue weighted by atomic mass is 10.1. The lowest BCUT2D eigenvalue weighted by molar-refractivity contribution is -0.139. The molecular weight excluding hydrogens is 423 g/mol. The highest BCUT2D eigenvalue weighted by atomic mass is 19.1. The Labute approximate surface area is 190 Å². The van der Waals surface area contributed by atoms with Crippen molar-refractivity contribution >= 4 is 5.97 Å². The van der Waals surface area contributed by atoms with Gasteiger partial charge in [0, 0.05) is 23.7 Å². The van der Waals surface area contributed by atoms with Gasteiger partial charge in [0.2, 0.25) is 0 Å². The number of methoxy groups -OCH3 is 1. The number of carboxylic acid groups (broad SMARTS) is 1. The molecule has 7 heteroatoms. The van der Waals surface area contributed by atoms with Crippen LogP contribution in [-0.4, -0.2) is 34.6 Å². The Morgan fingerprint density at radius 2 is 1.85 bits per heavy atom. The summed E-state index contributed by atoms with van der Waals surface area (Å²) in [5.41, 5.74) is 3.82. The molecule has 0 saturated heterocycles. The maximum absolute atomic E-state index is 14.0. The van der Waals surface area contributed by atoms with Crippen molar-refractivity contribution in [3.05, 3.63) is 90.2 Å². The zero-order valence-corrected chi connectivity index (χ0v) is 18.1. The van der Waals surface area contributed by atoms with Crippen LogP contribution in [-0.2, 0) is 17.8 Å². The van der Waals surface area contributed by atoms with E-state index in [-0.39, 0.29) is 5.82 Å². The van der Waals surface area contributed by atoms with E-state index in [1.807, 2.05) is 47.1 Å². The number of aromatic nitrogens is 2. The van der Waals surface area contributed by atoms with Crippen LogP contribution in [0.25, 0.3) is 22.5 Å². The summed E-state index contributed by atoms with van der Waals surface area (Å²) >= 11 is 0. The molecule has 0 saturated carbocycles. The molecule has 1 heterocycles. The standard InChI is InChI=1S/C26H23FN2O4/c1-32-21-10-11-22(25(15-21)33-17-26(30)31)23-16-24(19-8-5-9-20(27)14-19)29(28-23)13-12-18-6-3-2-4-7-18/h2-11,14-16H,12-13,17H2,1H3,(H,30,31). The summed E-state index contributed by atoms with van der Waals surface area (Å²) in [5.74, 6) is -0.541. The molecule has 33 heavy (non-hydrogen) atoms. The van der Waals surface area contributed by atoms with Gasteiger partial charge in [-0.2, -0.15) is 5.10 Å². The van der Waals surface area contributed by atoms with E-state index in [2.05, 4.69) is 0 Å². The van der Waals surface area contributed by atoms with Crippen molar-refractivity contribution in [1.82, 2.24) is 9.78 Å². The third kappa shape index (κ3) is 5.38. The zero-order valence-electron chi connectivity index (χ0n) is 18.1. The highest BCUT2D eigenvalue weighted by molar-refractivity contribution is 5.74. The lowest BCUT2D eigenvalue weighted by Gasteiger charge is -2.10. The molecule has 0 unspecified atom stereocenters. The second kappa shape index (κ2) is 9.99. The molecule has 1 N–H and O–H groups in total. The lowest BCUT2D eigenvalue weighted by Crippen LogP contribution is -2.10. The first-order valence-electron chi connectivity index (χ1n) is 10.4. The van der Waals surface area contributed by atoms with Crippen molar-refractivity contribution in [3.8, 4) is 34.0 Å². The third-order valence-electron chi connectivity index (χ3n) is 5.17. The molecule has 3 aromatic carbocycles. The number of hydrogen-bond acceptors (Lipinski definition) is 4. The maximum atomic E-state index is 14.0. The molecule has 0 bridgehead atoms. The average molecular weight is 446 g/mol. The van der Waals surface area contributed by atoms with Crippen LogP contribution in [0.3, 0.4) is 0 Å². The molecule has 4 rings (SSSR count). The molecule has 0 fully saturated rings. The number of benzene rings is 3. The smallest absolute Gasteiger partial charge is 0.341 e. The van der Waals surface area contributed by atoms with Gasteiger partial charge in [-0.3, -0.25) is 4.68 Å². The molecule has 0 aliphatic heterocycles. The maximum Gasteiger partial charge on any atom is 0.341 e. The number of ether oxygens (including phenoxy) is 2. The second-order valence-corrected chi connectivity index (χ2v) is 7.43. The largest absolute Gasteiger partial charge is 0.497 e. The van der Waals surface area contributed by atoms with Gasteiger partial charge in [0.1, 0.15) is 17.3 Å². The highest BCUT2D eigenvalue weighted by Gasteiger charge is 2.17. The minimum absolute atomic E-state index is 0.334. The monoisotopic (exact) mass is 446 g/mol. The fourth-order valence-corrected chi connectivity index (χ4v) is 3.58. The number of hydrogen-bond donors (Lipinski definition) is 1. The number of aryl methyl sites for hydroxylation is 2. The minimum atomic E-state index is -1.09. The molecule has 4 aromatic rings. The number of carboxylic acids is 1. The topological polar surface area (TPSA) is 73.6 Å². The van der Waals surface area contributed by atoms with E-state index in [0.717, 1.165) is 17.7 Å². The van der Waals surface area contributed by atoms with Gasteiger partial charge in [-0.15, -0.1) is 0 Å². The first-order valence-corrected chi connectivity index (χ1v) is 10.4. The van der Waals surface area contributed by atoms with Crippen molar-refractivity contribution in [1.29, 1.82) is 0 Å². The molecule has 0 radical (unpaired) electrons. The van der Waals surface area contributed by atoms with Gasteiger partial charge in [-0.05, 0) is 42.3 Å². The molecule has 0 aliphatic rings. The predicted octanol–water partition coefficient (Wildman–Crippen LogP) is 5.07. The van der Waals surface area contributed by atoms with Gasteiger partial charge < -0.3 is 14.6 Å². The van der Waals surface area contributed by atoms with Crippen LogP contribution in [0, 0.1) is 5.82 Å². The van der Waals surface area contributed by atoms with Crippen molar-refractivity contribution < 1.29 is 23.8 Å². The van der Waals surface area contributed by atoms with Gasteiger partial charge in [0.05, 0.1) is 18.5 Å². The second-order valence-electron chi connectivity index (χ2n) is 7.43. The summed E-state index contributed by atoms with van der Waals surface area (Å²) in [6.07, 6.45) is 0.745. The molecule has 1 aromatic heterocycles. The van der Waals surface area contributed by atoms with Crippen LogP contribution in [0.5, 0.6) is 11.5 Å².